The number of nitro benzene ring substituents is 1. The van der Waals surface area contributed by atoms with Crippen molar-refractivity contribution in [1.29, 1.82) is 0 Å². The zero-order chi connectivity index (χ0) is 19.3. The van der Waals surface area contributed by atoms with Gasteiger partial charge in [-0.1, -0.05) is 18.2 Å². The summed E-state index contributed by atoms with van der Waals surface area (Å²) < 4.78 is 0. The maximum absolute atomic E-state index is 12.2. The number of nitrogens with zero attached hydrogens (tertiary/aromatic N) is 2. The number of hydrogen-bond acceptors (Lipinski definition) is 5. The smallest absolute Gasteiger partial charge is 0.282 e. The number of carbonyl (C=O) groups excluding carboxylic acids is 2. The molecule has 2 N–H and O–H groups in total. The van der Waals surface area contributed by atoms with Crippen LogP contribution in [0.5, 0.6) is 0 Å². The van der Waals surface area contributed by atoms with E-state index in [-0.39, 0.29) is 22.3 Å². The van der Waals surface area contributed by atoms with E-state index in [0.29, 0.717) is 11.3 Å². The van der Waals surface area contributed by atoms with E-state index in [1.807, 2.05) is 0 Å². The molecule has 2 amide bonds. The van der Waals surface area contributed by atoms with Gasteiger partial charge in [0.1, 0.15) is 5.56 Å². The van der Waals surface area contributed by atoms with Gasteiger partial charge < -0.3 is 10.2 Å². The quantitative estimate of drug-likeness (QED) is 0.485. The molecule has 0 aliphatic carbocycles. The van der Waals surface area contributed by atoms with Crippen molar-refractivity contribution >= 4 is 40.5 Å². The standard InChI is InChI=1S/C17H16N4O4S/c1-20(2)16(23)11-6-5-7-12(10-11)18-17(26)19-15(22)13-8-3-4-9-14(13)21(24)25/h3-10H,1-2H3,(H2,18,19,22,26). The van der Waals surface area contributed by atoms with Gasteiger partial charge in [-0.05, 0) is 36.5 Å². The Kier molecular flexibility index (Phi) is 5.97. The lowest BCUT2D eigenvalue weighted by molar-refractivity contribution is -0.385. The summed E-state index contributed by atoms with van der Waals surface area (Å²) in [6.07, 6.45) is 0. The van der Waals surface area contributed by atoms with Gasteiger partial charge in [-0.2, -0.15) is 0 Å². The third kappa shape index (κ3) is 4.61. The molecular formula is C17H16N4O4S. The Balaban J connectivity index is 2.10. The molecule has 9 heteroatoms. The first-order valence-electron chi connectivity index (χ1n) is 7.47. The highest BCUT2D eigenvalue weighted by Crippen LogP contribution is 2.17. The SMILES string of the molecule is CN(C)C(=O)c1cccc(NC(=S)NC(=O)c2ccccc2[N+](=O)[O-])c1. The first-order valence-corrected chi connectivity index (χ1v) is 7.88. The van der Waals surface area contributed by atoms with Crippen molar-refractivity contribution in [1.82, 2.24) is 10.2 Å². The van der Waals surface area contributed by atoms with Gasteiger partial charge in [0.15, 0.2) is 5.11 Å². The summed E-state index contributed by atoms with van der Waals surface area (Å²) in [4.78, 5) is 36.0. The van der Waals surface area contributed by atoms with Crippen LogP contribution in [-0.2, 0) is 0 Å². The summed E-state index contributed by atoms with van der Waals surface area (Å²) in [5.74, 6) is -0.876. The number of anilines is 1. The molecule has 0 atom stereocenters. The van der Waals surface area contributed by atoms with Gasteiger partial charge in [0.25, 0.3) is 17.5 Å². The van der Waals surface area contributed by atoms with E-state index < -0.39 is 10.8 Å². The summed E-state index contributed by atoms with van der Waals surface area (Å²) in [6, 6.07) is 12.2. The topological polar surface area (TPSA) is 105 Å². The number of thiocarbonyl (C=S) groups is 1. The van der Waals surface area contributed by atoms with Crippen molar-refractivity contribution in [2.75, 3.05) is 19.4 Å². The van der Waals surface area contributed by atoms with E-state index in [4.69, 9.17) is 12.2 Å². The summed E-state index contributed by atoms with van der Waals surface area (Å²) in [7, 11) is 3.28. The highest BCUT2D eigenvalue weighted by atomic mass is 32.1. The van der Waals surface area contributed by atoms with Crippen molar-refractivity contribution in [2.24, 2.45) is 0 Å². The molecule has 2 rings (SSSR count). The van der Waals surface area contributed by atoms with E-state index in [0.717, 1.165) is 0 Å². The van der Waals surface area contributed by atoms with Gasteiger partial charge >= 0.3 is 0 Å². The molecule has 8 nitrogen and oxygen atoms in total. The van der Waals surface area contributed by atoms with Gasteiger partial charge in [0.2, 0.25) is 0 Å². The molecule has 0 aliphatic heterocycles. The zero-order valence-corrected chi connectivity index (χ0v) is 14.9. The molecule has 0 saturated heterocycles. The first-order chi connectivity index (χ1) is 12.3. The number of nitrogens with one attached hydrogen (secondary N) is 2. The van der Waals surface area contributed by atoms with Crippen molar-refractivity contribution in [2.45, 2.75) is 0 Å². The normalized spacial score (nSPS) is 9.92. The fourth-order valence-electron chi connectivity index (χ4n) is 2.15. The largest absolute Gasteiger partial charge is 0.345 e. The maximum Gasteiger partial charge on any atom is 0.282 e. The monoisotopic (exact) mass is 372 g/mol. The van der Waals surface area contributed by atoms with E-state index in [2.05, 4.69) is 10.6 Å². The van der Waals surface area contributed by atoms with E-state index >= 15 is 0 Å². The average Bonchev–Trinajstić information content (AvgIpc) is 2.60. The van der Waals surface area contributed by atoms with E-state index in [1.54, 1.807) is 38.4 Å². The fraction of sp³-hybridized carbons (Fsp3) is 0.118. The second-order valence-corrected chi connectivity index (χ2v) is 5.87. The van der Waals surface area contributed by atoms with Crippen LogP contribution >= 0.6 is 12.2 Å². The molecule has 0 bridgehead atoms. The molecule has 0 radical (unpaired) electrons. The third-order valence-electron chi connectivity index (χ3n) is 3.35. The molecule has 2 aromatic carbocycles. The first kappa shape index (κ1) is 19.0. The Labute approximate surface area is 155 Å². The van der Waals surface area contributed by atoms with Gasteiger partial charge in [0.05, 0.1) is 4.92 Å². The number of rotatable bonds is 4. The number of carbonyl (C=O) groups is 2. The number of para-hydroxylation sites is 1. The molecule has 0 fully saturated rings. The van der Waals surface area contributed by atoms with Crippen LogP contribution in [0.3, 0.4) is 0 Å². The molecule has 26 heavy (non-hydrogen) atoms. The lowest BCUT2D eigenvalue weighted by atomic mass is 10.1. The van der Waals surface area contributed by atoms with Crippen LogP contribution in [0.25, 0.3) is 0 Å². The Morgan fingerprint density at radius 1 is 1.12 bits per heavy atom. The molecule has 0 saturated carbocycles. The Morgan fingerprint density at radius 2 is 1.81 bits per heavy atom. The lowest BCUT2D eigenvalue weighted by Crippen LogP contribution is -2.34. The van der Waals surface area contributed by atoms with Crippen LogP contribution in [0.15, 0.2) is 48.5 Å². The van der Waals surface area contributed by atoms with Crippen LogP contribution < -0.4 is 10.6 Å². The van der Waals surface area contributed by atoms with Gasteiger partial charge in [-0.15, -0.1) is 0 Å². The van der Waals surface area contributed by atoms with Crippen molar-refractivity contribution in [3.63, 3.8) is 0 Å². The summed E-state index contributed by atoms with van der Waals surface area (Å²) in [6.45, 7) is 0. The summed E-state index contributed by atoms with van der Waals surface area (Å²) >= 11 is 5.07. The Morgan fingerprint density at radius 3 is 2.46 bits per heavy atom. The molecular weight excluding hydrogens is 356 g/mol. The van der Waals surface area contributed by atoms with E-state index in [1.165, 1.54) is 29.2 Å². The number of nitro groups is 1. The predicted octanol–water partition coefficient (Wildman–Crippen LogP) is 2.42. The Bertz CT molecular complexity index is 883. The molecule has 2 aromatic rings. The highest BCUT2D eigenvalue weighted by molar-refractivity contribution is 7.80. The molecule has 0 heterocycles. The minimum Gasteiger partial charge on any atom is -0.345 e. The second kappa shape index (κ2) is 8.17. The van der Waals surface area contributed by atoms with Crippen LogP contribution in [0.2, 0.25) is 0 Å². The minimum absolute atomic E-state index is 0.0393. The number of hydrogen-bond donors (Lipinski definition) is 2. The average molecular weight is 372 g/mol. The molecule has 134 valence electrons. The predicted molar refractivity (Wildman–Crippen MR) is 101 cm³/mol. The van der Waals surface area contributed by atoms with Crippen molar-refractivity contribution in [3.8, 4) is 0 Å². The van der Waals surface area contributed by atoms with Crippen LogP contribution in [-0.4, -0.2) is 40.8 Å². The van der Waals surface area contributed by atoms with Crippen LogP contribution in [0.1, 0.15) is 20.7 Å². The van der Waals surface area contributed by atoms with Crippen molar-refractivity contribution in [3.05, 3.63) is 69.8 Å². The van der Waals surface area contributed by atoms with Crippen LogP contribution in [0, 0.1) is 10.1 Å². The minimum atomic E-state index is -0.699. The van der Waals surface area contributed by atoms with Crippen LogP contribution in [0.4, 0.5) is 11.4 Å². The fourth-order valence-corrected chi connectivity index (χ4v) is 2.36. The summed E-state index contributed by atoms with van der Waals surface area (Å²) in [5.41, 5.74) is 0.544. The van der Waals surface area contributed by atoms with Crippen molar-refractivity contribution < 1.29 is 14.5 Å². The maximum atomic E-state index is 12.2. The zero-order valence-electron chi connectivity index (χ0n) is 14.1. The number of amides is 2. The summed E-state index contributed by atoms with van der Waals surface area (Å²) in [5, 5.41) is 16.1. The molecule has 0 aromatic heterocycles. The van der Waals surface area contributed by atoms with Gasteiger partial charge in [0, 0.05) is 31.4 Å². The van der Waals surface area contributed by atoms with Gasteiger partial charge in [-0.25, -0.2) is 0 Å². The molecule has 0 aliphatic rings. The molecule has 0 unspecified atom stereocenters. The second-order valence-electron chi connectivity index (χ2n) is 5.46. The third-order valence-corrected chi connectivity index (χ3v) is 3.55. The molecule has 0 spiro atoms. The van der Waals surface area contributed by atoms with E-state index in [9.17, 15) is 19.7 Å². The lowest BCUT2D eigenvalue weighted by Gasteiger charge is -2.13. The van der Waals surface area contributed by atoms with Gasteiger partial charge in [-0.3, -0.25) is 25.0 Å². The Hall–Kier alpha value is -3.33. The highest BCUT2D eigenvalue weighted by Gasteiger charge is 2.20. The number of benzene rings is 2.